The van der Waals surface area contributed by atoms with Crippen molar-refractivity contribution in [1.29, 1.82) is 0 Å². The number of carbonyl (C=O) groups excluding carboxylic acids is 3. The summed E-state index contributed by atoms with van der Waals surface area (Å²) in [4.78, 5) is 40.3. The highest BCUT2D eigenvalue weighted by Crippen LogP contribution is 2.37. The van der Waals surface area contributed by atoms with Gasteiger partial charge >= 0.3 is 6.03 Å². The number of hydrogen-bond donors (Lipinski definition) is 3. The Hall–Kier alpha value is -3.58. The molecular formula is C26H27N5O5S2. The van der Waals surface area contributed by atoms with Crippen LogP contribution in [0.1, 0.15) is 42.3 Å². The van der Waals surface area contributed by atoms with Gasteiger partial charge in [0.15, 0.2) is 0 Å². The number of imide groups is 1. The van der Waals surface area contributed by atoms with Crippen LogP contribution in [0.5, 0.6) is 0 Å². The maximum Gasteiger partial charge on any atom is 0.319 e. The fourth-order valence-corrected chi connectivity index (χ4v) is 7.55. The number of nitrogens with one attached hydrogen (secondary N) is 2. The third-order valence-corrected chi connectivity index (χ3v) is 9.78. The van der Waals surface area contributed by atoms with E-state index in [1.54, 1.807) is 0 Å². The highest BCUT2D eigenvalue weighted by Gasteiger charge is 2.30. The third kappa shape index (κ3) is 5.07. The first-order chi connectivity index (χ1) is 18.1. The van der Waals surface area contributed by atoms with Crippen molar-refractivity contribution in [2.24, 2.45) is 5.73 Å². The first kappa shape index (κ1) is 26.0. The van der Waals surface area contributed by atoms with Crippen LogP contribution in [0.15, 0.2) is 53.4 Å². The summed E-state index contributed by atoms with van der Waals surface area (Å²) >= 11 is 1.28. The van der Waals surface area contributed by atoms with Crippen molar-refractivity contribution in [2.75, 3.05) is 25.5 Å². The number of sulfonamides is 1. The van der Waals surface area contributed by atoms with E-state index in [-0.39, 0.29) is 16.0 Å². The van der Waals surface area contributed by atoms with Crippen molar-refractivity contribution in [3.05, 3.63) is 81.2 Å². The average Bonchev–Trinajstić information content (AvgIpc) is 3.24. The predicted molar refractivity (Wildman–Crippen MR) is 144 cm³/mol. The normalized spacial score (nSPS) is 15.8. The van der Waals surface area contributed by atoms with Crippen LogP contribution >= 0.6 is 11.3 Å². The highest BCUT2D eigenvalue weighted by atomic mass is 32.2. The number of benzene rings is 2. The van der Waals surface area contributed by atoms with Crippen molar-refractivity contribution in [3.8, 4) is 0 Å². The fraction of sp³-hybridized carbons (Fsp3) is 0.269. The summed E-state index contributed by atoms with van der Waals surface area (Å²) < 4.78 is 28.0. The largest absolute Gasteiger partial charge is 0.351 e. The van der Waals surface area contributed by atoms with Crippen LogP contribution in [0, 0.1) is 0 Å². The number of anilines is 1. The van der Waals surface area contributed by atoms with Crippen LogP contribution in [0.3, 0.4) is 0 Å². The Morgan fingerprint density at radius 3 is 2.34 bits per heavy atom. The van der Waals surface area contributed by atoms with Crippen LogP contribution in [0.2, 0.25) is 0 Å². The molecule has 0 bridgehead atoms. The van der Waals surface area contributed by atoms with E-state index in [0.717, 1.165) is 28.1 Å². The number of rotatable bonds is 5. The molecule has 0 saturated heterocycles. The molecule has 0 unspecified atom stereocenters. The van der Waals surface area contributed by atoms with Crippen LogP contribution in [-0.4, -0.2) is 55.6 Å². The maximum absolute atomic E-state index is 13.3. The molecule has 0 fully saturated rings. The molecule has 2 aromatic carbocycles. The minimum absolute atomic E-state index is 0.101. The molecule has 3 aromatic rings. The zero-order valence-corrected chi connectivity index (χ0v) is 22.3. The monoisotopic (exact) mass is 553 g/mol. The number of nitrogens with zero attached hydrogens (tertiary/aromatic N) is 2. The van der Waals surface area contributed by atoms with Crippen LogP contribution in [0.4, 0.5) is 9.80 Å². The molecule has 0 aliphatic carbocycles. The lowest BCUT2D eigenvalue weighted by Crippen LogP contribution is -2.36. The van der Waals surface area contributed by atoms with Gasteiger partial charge in [-0.05, 0) is 60.8 Å². The number of hydrogen-bond acceptors (Lipinski definition) is 7. The molecule has 0 saturated carbocycles. The molecule has 0 spiro atoms. The summed E-state index contributed by atoms with van der Waals surface area (Å²) in [6, 6.07) is 12.5. The molecule has 3 heterocycles. The second kappa shape index (κ2) is 10.3. The number of nitrogens with two attached hydrogens (primary N) is 1. The van der Waals surface area contributed by atoms with Crippen molar-refractivity contribution < 1.29 is 22.8 Å². The molecule has 5 rings (SSSR count). The first-order valence-electron chi connectivity index (χ1n) is 12.1. The van der Waals surface area contributed by atoms with Gasteiger partial charge in [-0.25, -0.2) is 13.2 Å². The SMILES string of the molecule is CN1CCc2c(sc(NC(=O)c3ccc(S(=O)(=O)N4CCc5ccccc5C4)cc3)c2C(=O)NC(N)=O)C1. The van der Waals surface area contributed by atoms with Crippen molar-refractivity contribution in [3.63, 3.8) is 0 Å². The summed E-state index contributed by atoms with van der Waals surface area (Å²) in [6.07, 6.45) is 1.23. The molecule has 198 valence electrons. The second-order valence-electron chi connectivity index (χ2n) is 9.35. The van der Waals surface area contributed by atoms with Crippen LogP contribution < -0.4 is 16.4 Å². The van der Waals surface area contributed by atoms with Gasteiger partial charge in [0.2, 0.25) is 10.0 Å². The van der Waals surface area contributed by atoms with E-state index in [4.69, 9.17) is 5.73 Å². The summed E-state index contributed by atoms with van der Waals surface area (Å²) in [6.45, 7) is 2.03. The van der Waals surface area contributed by atoms with Gasteiger partial charge in [-0.3, -0.25) is 14.9 Å². The van der Waals surface area contributed by atoms with E-state index in [0.29, 0.717) is 37.5 Å². The summed E-state index contributed by atoms with van der Waals surface area (Å²) in [5.74, 6) is -1.17. The van der Waals surface area contributed by atoms with E-state index >= 15 is 0 Å². The Morgan fingerprint density at radius 2 is 1.63 bits per heavy atom. The zero-order valence-electron chi connectivity index (χ0n) is 20.7. The first-order valence-corrected chi connectivity index (χ1v) is 14.3. The van der Waals surface area contributed by atoms with Crippen molar-refractivity contribution in [1.82, 2.24) is 14.5 Å². The molecule has 0 atom stereocenters. The van der Waals surface area contributed by atoms with Gasteiger partial charge in [-0.1, -0.05) is 24.3 Å². The maximum atomic E-state index is 13.3. The summed E-state index contributed by atoms with van der Waals surface area (Å²) in [5, 5.41) is 5.18. The topological polar surface area (TPSA) is 142 Å². The molecule has 4 N–H and O–H groups in total. The molecule has 10 nitrogen and oxygen atoms in total. The Bertz CT molecular complexity index is 1530. The Labute approximate surface area is 224 Å². The lowest BCUT2D eigenvalue weighted by atomic mass is 10.0. The number of carbonyl (C=O) groups is 3. The van der Waals surface area contributed by atoms with Gasteiger partial charge in [-0.2, -0.15) is 4.31 Å². The van der Waals surface area contributed by atoms with E-state index in [9.17, 15) is 22.8 Å². The highest BCUT2D eigenvalue weighted by molar-refractivity contribution is 7.89. The number of primary amides is 1. The molecule has 38 heavy (non-hydrogen) atoms. The Kier molecular flexibility index (Phi) is 7.05. The van der Waals surface area contributed by atoms with Gasteiger partial charge in [-0.15, -0.1) is 11.3 Å². The Morgan fingerprint density at radius 1 is 0.921 bits per heavy atom. The van der Waals surface area contributed by atoms with Gasteiger partial charge in [0.25, 0.3) is 11.8 Å². The zero-order chi connectivity index (χ0) is 27.0. The second-order valence-corrected chi connectivity index (χ2v) is 12.4. The van der Waals surface area contributed by atoms with Crippen molar-refractivity contribution >= 4 is 44.2 Å². The minimum Gasteiger partial charge on any atom is -0.351 e. The van der Waals surface area contributed by atoms with Crippen LogP contribution in [0.25, 0.3) is 0 Å². The van der Waals surface area contributed by atoms with Crippen molar-refractivity contribution in [2.45, 2.75) is 30.8 Å². The standard InChI is InChI=1S/C26H27N5O5S2/c1-30-12-11-20-21(15-30)37-25(22(20)24(33)29-26(27)34)28-23(32)17-6-8-19(9-7-17)38(35,36)31-13-10-16-4-2-3-5-18(16)14-31/h2-9H,10-15H2,1H3,(H,28,32)(H3,27,29,33,34). The molecule has 2 aliphatic rings. The Balaban J connectivity index is 1.36. The van der Waals surface area contributed by atoms with E-state index in [1.807, 2.05) is 31.3 Å². The lowest BCUT2D eigenvalue weighted by Gasteiger charge is -2.28. The van der Waals surface area contributed by atoms with Crippen LogP contribution in [-0.2, 0) is 36.0 Å². The van der Waals surface area contributed by atoms with Gasteiger partial charge in [0.1, 0.15) is 5.00 Å². The molecule has 1 aromatic heterocycles. The average molecular weight is 554 g/mol. The quantitative estimate of drug-likeness (QED) is 0.443. The van der Waals surface area contributed by atoms with Gasteiger partial charge < -0.3 is 16.0 Å². The molecule has 12 heteroatoms. The molecule has 2 aliphatic heterocycles. The fourth-order valence-electron chi connectivity index (χ4n) is 4.81. The minimum atomic E-state index is -3.74. The van der Waals surface area contributed by atoms with E-state index in [1.165, 1.54) is 39.9 Å². The third-order valence-electron chi connectivity index (χ3n) is 6.79. The smallest absolute Gasteiger partial charge is 0.319 e. The number of likely N-dealkylation sites (N-methyl/N-ethyl adjacent to an activating group) is 1. The molecule has 4 amide bonds. The van der Waals surface area contributed by atoms with Gasteiger partial charge in [0.05, 0.1) is 10.5 Å². The van der Waals surface area contributed by atoms with Gasteiger partial charge in [0, 0.05) is 36.6 Å². The predicted octanol–water partition coefficient (Wildman–Crippen LogP) is 2.54. The molecular weight excluding hydrogens is 526 g/mol. The number of urea groups is 1. The number of amides is 4. The lowest BCUT2D eigenvalue weighted by molar-refractivity contribution is 0.0966. The molecule has 0 radical (unpaired) electrons. The van der Waals surface area contributed by atoms with E-state index in [2.05, 4.69) is 15.5 Å². The summed E-state index contributed by atoms with van der Waals surface area (Å²) in [7, 11) is -1.78. The summed E-state index contributed by atoms with van der Waals surface area (Å²) in [5.41, 5.74) is 8.54. The van der Waals surface area contributed by atoms with E-state index < -0.39 is 27.9 Å². The number of thiophene rings is 1. The number of fused-ring (bicyclic) bond motifs is 2.